The van der Waals surface area contributed by atoms with Crippen molar-refractivity contribution >= 4 is 16.7 Å². The largest absolute Gasteiger partial charge is 0.488 e. The third-order valence-corrected chi connectivity index (χ3v) is 6.02. The molecule has 3 heterocycles. The van der Waals surface area contributed by atoms with Gasteiger partial charge in [0.2, 0.25) is 5.91 Å². The average molecular weight is 409 g/mol. The number of rotatable bonds is 5. The van der Waals surface area contributed by atoms with E-state index in [1.807, 2.05) is 49.8 Å². The molecule has 0 unspecified atom stereocenters. The van der Waals surface area contributed by atoms with Crippen LogP contribution in [0.25, 0.3) is 10.8 Å². The van der Waals surface area contributed by atoms with E-state index in [1.165, 1.54) is 0 Å². The number of carbonyl (C=O) groups excluding carboxylic acids is 1. The highest BCUT2D eigenvalue weighted by atomic mass is 16.5. The van der Waals surface area contributed by atoms with Gasteiger partial charge >= 0.3 is 0 Å². The maximum absolute atomic E-state index is 12.7. The van der Waals surface area contributed by atoms with Gasteiger partial charge in [-0.25, -0.2) is 0 Å². The minimum atomic E-state index is -0.714. The van der Waals surface area contributed by atoms with Crippen molar-refractivity contribution < 1.29 is 14.6 Å². The van der Waals surface area contributed by atoms with Crippen LogP contribution in [0.15, 0.2) is 36.7 Å². The number of aromatic nitrogens is 3. The Bertz CT molecular complexity index is 1060. The van der Waals surface area contributed by atoms with Crippen LogP contribution in [-0.4, -0.2) is 56.0 Å². The van der Waals surface area contributed by atoms with Gasteiger partial charge in [0.25, 0.3) is 0 Å². The van der Waals surface area contributed by atoms with Crippen molar-refractivity contribution in [2.24, 2.45) is 7.05 Å². The summed E-state index contributed by atoms with van der Waals surface area (Å²) in [6.07, 6.45) is 4.20. The topological polar surface area (TPSA) is 80.5 Å². The van der Waals surface area contributed by atoms with Gasteiger partial charge in [-0.15, -0.1) is 0 Å². The van der Waals surface area contributed by atoms with Gasteiger partial charge in [-0.05, 0) is 49.4 Å². The van der Waals surface area contributed by atoms with Crippen LogP contribution in [0.3, 0.4) is 0 Å². The number of carbonyl (C=O) groups is 1. The summed E-state index contributed by atoms with van der Waals surface area (Å²) in [7, 11) is 1.92. The lowest BCUT2D eigenvalue weighted by atomic mass is 10.0. The Morgan fingerprint density at radius 1 is 1.27 bits per heavy atom. The number of hydrogen-bond acceptors (Lipinski definition) is 5. The van der Waals surface area contributed by atoms with Gasteiger partial charge in [0, 0.05) is 49.9 Å². The lowest BCUT2D eigenvalue weighted by molar-refractivity contribution is -0.137. The Labute approximate surface area is 176 Å². The van der Waals surface area contributed by atoms with E-state index < -0.39 is 6.10 Å². The number of piperidine rings is 1. The summed E-state index contributed by atoms with van der Waals surface area (Å²) in [5.41, 5.74) is 3.20. The minimum absolute atomic E-state index is 0.0620. The molecular weight excluding hydrogens is 380 g/mol. The molecule has 3 aromatic rings. The number of aryl methyl sites for hydroxylation is 2. The van der Waals surface area contributed by atoms with Crippen molar-refractivity contribution in [1.29, 1.82) is 0 Å². The molecule has 7 heteroatoms. The normalized spacial score (nSPS) is 19.3. The van der Waals surface area contributed by atoms with Crippen molar-refractivity contribution in [3.05, 3.63) is 53.6 Å². The standard InChI is InChI=1S/C23H28N4O3/c1-15-20(16(2)26(3)25-15)6-7-23(29)27-11-9-22(21(28)14-27)30-19-5-4-17-8-10-24-13-18(17)12-19/h4-5,8,10,12-13,21-22,28H,6-7,9,11,14H2,1-3H3/t21-,22-/m1/s1. The molecule has 1 amide bonds. The molecule has 0 spiro atoms. The summed E-state index contributed by atoms with van der Waals surface area (Å²) in [5.74, 6) is 0.772. The van der Waals surface area contributed by atoms with Gasteiger partial charge in [0.15, 0.2) is 0 Å². The van der Waals surface area contributed by atoms with Gasteiger partial charge in [-0.1, -0.05) is 6.07 Å². The number of fused-ring (bicyclic) bond motifs is 1. The van der Waals surface area contributed by atoms with Crippen molar-refractivity contribution in [3.8, 4) is 5.75 Å². The highest BCUT2D eigenvalue weighted by Crippen LogP contribution is 2.24. The summed E-state index contributed by atoms with van der Waals surface area (Å²) in [6.45, 7) is 4.88. The lowest BCUT2D eigenvalue weighted by Gasteiger charge is -2.36. The third kappa shape index (κ3) is 4.16. The van der Waals surface area contributed by atoms with Crippen LogP contribution in [0, 0.1) is 13.8 Å². The summed E-state index contributed by atoms with van der Waals surface area (Å²) < 4.78 is 7.89. The molecular formula is C23H28N4O3. The van der Waals surface area contributed by atoms with E-state index in [0.29, 0.717) is 38.1 Å². The zero-order valence-electron chi connectivity index (χ0n) is 17.7. The van der Waals surface area contributed by atoms with E-state index in [9.17, 15) is 9.90 Å². The first-order valence-electron chi connectivity index (χ1n) is 10.4. The first-order chi connectivity index (χ1) is 14.4. The van der Waals surface area contributed by atoms with E-state index in [-0.39, 0.29) is 12.0 Å². The van der Waals surface area contributed by atoms with Gasteiger partial charge in [0.05, 0.1) is 12.2 Å². The summed E-state index contributed by atoms with van der Waals surface area (Å²) in [4.78, 5) is 18.6. The van der Waals surface area contributed by atoms with Gasteiger partial charge < -0.3 is 14.7 Å². The highest BCUT2D eigenvalue weighted by molar-refractivity contribution is 5.82. The molecule has 4 rings (SSSR count). The molecule has 1 saturated heterocycles. The van der Waals surface area contributed by atoms with E-state index in [0.717, 1.165) is 27.7 Å². The van der Waals surface area contributed by atoms with E-state index in [4.69, 9.17) is 4.74 Å². The van der Waals surface area contributed by atoms with Crippen LogP contribution in [0.5, 0.6) is 5.75 Å². The number of β-amino-alcohol motifs (C(OH)–C–C–N with tert-alkyl or cyclic N) is 1. The fraction of sp³-hybridized carbons (Fsp3) is 0.435. The molecule has 1 aromatic carbocycles. The van der Waals surface area contributed by atoms with Crippen LogP contribution in [0.4, 0.5) is 0 Å². The average Bonchev–Trinajstić information content (AvgIpc) is 2.98. The maximum atomic E-state index is 12.7. The molecule has 1 N–H and O–H groups in total. The van der Waals surface area contributed by atoms with Crippen LogP contribution in [-0.2, 0) is 18.3 Å². The highest BCUT2D eigenvalue weighted by Gasteiger charge is 2.31. The number of amides is 1. The summed E-state index contributed by atoms with van der Waals surface area (Å²) in [5, 5.41) is 17.1. The van der Waals surface area contributed by atoms with Crippen LogP contribution >= 0.6 is 0 Å². The molecule has 1 fully saturated rings. The Hall–Kier alpha value is -2.93. The van der Waals surface area contributed by atoms with Crippen LogP contribution in [0.2, 0.25) is 0 Å². The van der Waals surface area contributed by atoms with E-state index in [2.05, 4.69) is 10.1 Å². The lowest BCUT2D eigenvalue weighted by Crippen LogP contribution is -2.51. The monoisotopic (exact) mass is 408 g/mol. The molecule has 0 bridgehead atoms. The molecule has 1 aliphatic rings. The number of aliphatic hydroxyl groups is 1. The molecule has 2 aromatic heterocycles. The Balaban J connectivity index is 1.33. The molecule has 0 radical (unpaired) electrons. The summed E-state index contributed by atoms with van der Waals surface area (Å²) in [6, 6.07) is 7.78. The van der Waals surface area contributed by atoms with Crippen LogP contribution in [0.1, 0.15) is 29.8 Å². The number of pyridine rings is 1. The maximum Gasteiger partial charge on any atom is 0.222 e. The van der Waals surface area contributed by atoms with Crippen molar-refractivity contribution in [1.82, 2.24) is 19.7 Å². The second kappa shape index (κ2) is 8.44. The second-order valence-corrected chi connectivity index (χ2v) is 8.01. The SMILES string of the molecule is Cc1nn(C)c(C)c1CCC(=O)N1CC[C@@H](Oc2ccc3ccncc3c2)[C@H](O)C1. The van der Waals surface area contributed by atoms with E-state index >= 15 is 0 Å². The number of ether oxygens (including phenoxy) is 1. The van der Waals surface area contributed by atoms with Gasteiger partial charge in [0.1, 0.15) is 18.0 Å². The summed E-state index contributed by atoms with van der Waals surface area (Å²) >= 11 is 0. The third-order valence-electron chi connectivity index (χ3n) is 6.02. The first kappa shape index (κ1) is 20.3. The van der Waals surface area contributed by atoms with Gasteiger partial charge in [-0.2, -0.15) is 5.10 Å². The number of aliphatic hydroxyl groups excluding tert-OH is 1. The Morgan fingerprint density at radius 2 is 2.10 bits per heavy atom. The molecule has 2 atom stereocenters. The number of nitrogens with zero attached hydrogens (tertiary/aromatic N) is 4. The molecule has 1 aliphatic heterocycles. The first-order valence-corrected chi connectivity index (χ1v) is 10.4. The molecule has 158 valence electrons. The predicted octanol–water partition coefficient (Wildman–Crippen LogP) is 2.56. The smallest absolute Gasteiger partial charge is 0.222 e. The molecule has 0 saturated carbocycles. The molecule has 0 aliphatic carbocycles. The van der Waals surface area contributed by atoms with Crippen LogP contribution < -0.4 is 4.74 Å². The second-order valence-electron chi connectivity index (χ2n) is 8.01. The number of likely N-dealkylation sites (tertiary alicyclic amines) is 1. The van der Waals surface area contributed by atoms with Crippen molar-refractivity contribution in [2.75, 3.05) is 13.1 Å². The predicted molar refractivity (Wildman–Crippen MR) is 114 cm³/mol. The zero-order chi connectivity index (χ0) is 21.3. The Kier molecular flexibility index (Phi) is 5.72. The number of benzene rings is 1. The Morgan fingerprint density at radius 3 is 2.83 bits per heavy atom. The van der Waals surface area contributed by atoms with Gasteiger partial charge in [-0.3, -0.25) is 14.5 Å². The van der Waals surface area contributed by atoms with Crippen molar-refractivity contribution in [3.63, 3.8) is 0 Å². The van der Waals surface area contributed by atoms with Crippen molar-refractivity contribution in [2.45, 2.75) is 45.3 Å². The fourth-order valence-corrected chi connectivity index (χ4v) is 4.15. The molecule has 7 nitrogen and oxygen atoms in total. The van der Waals surface area contributed by atoms with E-state index in [1.54, 1.807) is 17.3 Å². The fourth-order valence-electron chi connectivity index (χ4n) is 4.15. The number of hydrogen-bond donors (Lipinski definition) is 1. The molecule has 30 heavy (non-hydrogen) atoms. The zero-order valence-corrected chi connectivity index (χ0v) is 17.7. The quantitative estimate of drug-likeness (QED) is 0.702. The minimum Gasteiger partial charge on any atom is -0.488 e.